The summed E-state index contributed by atoms with van der Waals surface area (Å²) in [6, 6.07) is 33.6. The van der Waals surface area contributed by atoms with Crippen LogP contribution >= 0.6 is 34.8 Å². The predicted octanol–water partition coefficient (Wildman–Crippen LogP) is 8.62. The van der Waals surface area contributed by atoms with Crippen molar-refractivity contribution in [3.8, 4) is 0 Å². The van der Waals surface area contributed by atoms with Crippen LogP contribution in [0, 0.1) is 0 Å². The molecule has 1 fully saturated rings. The highest BCUT2D eigenvalue weighted by atomic mass is 35.5. The molecule has 2 heterocycles. The Morgan fingerprint density at radius 3 is 2.04 bits per heavy atom. The maximum Gasteiger partial charge on any atom is 0.268 e. The zero-order valence-corrected chi connectivity index (χ0v) is 28.9. The van der Waals surface area contributed by atoms with Crippen molar-refractivity contribution in [3.05, 3.63) is 141 Å². The van der Waals surface area contributed by atoms with Gasteiger partial charge in [0, 0.05) is 37.9 Å². The molecule has 0 unspecified atom stereocenters. The summed E-state index contributed by atoms with van der Waals surface area (Å²) < 4.78 is 0. The maximum absolute atomic E-state index is 13.3. The Morgan fingerprint density at radius 1 is 0.771 bits per heavy atom. The number of carbonyl (C=O) groups excluding carboxylic acids is 2. The second kappa shape index (κ2) is 15.6. The molecule has 4 aromatic carbocycles. The Kier molecular flexibility index (Phi) is 11.1. The summed E-state index contributed by atoms with van der Waals surface area (Å²) in [5, 5.41) is 8.61. The molecule has 0 bridgehead atoms. The topological polar surface area (TPSA) is 77.2 Å². The van der Waals surface area contributed by atoms with E-state index in [0.717, 1.165) is 67.3 Å². The summed E-state index contributed by atoms with van der Waals surface area (Å²) >= 11 is 18.8. The standard InChI is InChI=1S/C39H39Cl3N4O2/c40-32-11-7-30(8-12-32)39(31-9-13-33(41)14-10-31,19-4-20-46-21-17-28(18-22-46)27-5-2-1-3-6-27)26-44-37(47)25-43-38(48)36-24-29-23-34(42)15-16-35(29)45-36/h1-3,5-16,23-24,28,45H,4,17-22,25-26H2,(H,43,48)(H,44,47). The lowest BCUT2D eigenvalue weighted by Gasteiger charge is -2.37. The Balaban J connectivity index is 1.14. The average Bonchev–Trinajstić information content (AvgIpc) is 3.54. The fourth-order valence-corrected chi connectivity index (χ4v) is 7.33. The molecule has 1 aromatic heterocycles. The molecular formula is C39H39Cl3N4O2. The van der Waals surface area contributed by atoms with Crippen molar-refractivity contribution in [1.82, 2.24) is 20.5 Å². The molecule has 1 aliphatic heterocycles. The molecule has 48 heavy (non-hydrogen) atoms. The van der Waals surface area contributed by atoms with E-state index >= 15 is 0 Å². The molecule has 0 saturated carbocycles. The SMILES string of the molecule is O=C(CNC(=O)c1cc2cc(Cl)ccc2[nH]1)NCC(CCCN1CCC(c2ccccc2)CC1)(c1ccc(Cl)cc1)c1ccc(Cl)cc1. The molecular weight excluding hydrogens is 663 g/mol. The van der Waals surface area contributed by atoms with Crippen molar-refractivity contribution >= 4 is 57.5 Å². The first-order valence-electron chi connectivity index (χ1n) is 16.4. The number of carbonyl (C=O) groups is 2. The molecule has 0 aliphatic carbocycles. The van der Waals surface area contributed by atoms with E-state index in [1.165, 1.54) is 5.56 Å². The van der Waals surface area contributed by atoms with Gasteiger partial charge in [0.15, 0.2) is 0 Å². The number of piperidine rings is 1. The van der Waals surface area contributed by atoms with Crippen LogP contribution < -0.4 is 10.6 Å². The normalized spacial score (nSPS) is 14.2. The average molecular weight is 702 g/mol. The number of hydrogen-bond acceptors (Lipinski definition) is 3. The minimum absolute atomic E-state index is 0.164. The molecule has 5 aromatic rings. The Morgan fingerprint density at radius 2 is 1.40 bits per heavy atom. The number of benzene rings is 4. The smallest absolute Gasteiger partial charge is 0.268 e. The Labute approximate surface area is 296 Å². The molecule has 3 N–H and O–H groups in total. The summed E-state index contributed by atoms with van der Waals surface area (Å²) in [6.45, 7) is 3.27. The quantitative estimate of drug-likeness (QED) is 0.122. The zero-order valence-electron chi connectivity index (χ0n) is 26.7. The van der Waals surface area contributed by atoms with Crippen LogP contribution in [0.1, 0.15) is 58.8 Å². The first-order chi connectivity index (χ1) is 23.3. The molecule has 2 amide bonds. The number of nitrogens with one attached hydrogen (secondary N) is 3. The number of aromatic nitrogens is 1. The van der Waals surface area contributed by atoms with Crippen LogP contribution in [-0.4, -0.2) is 54.4 Å². The lowest BCUT2D eigenvalue weighted by atomic mass is 9.71. The lowest BCUT2D eigenvalue weighted by molar-refractivity contribution is -0.120. The first-order valence-corrected chi connectivity index (χ1v) is 17.5. The summed E-state index contributed by atoms with van der Waals surface area (Å²) in [4.78, 5) is 31.8. The minimum Gasteiger partial charge on any atom is -0.353 e. The van der Waals surface area contributed by atoms with E-state index in [1.54, 1.807) is 18.2 Å². The molecule has 1 aliphatic rings. The van der Waals surface area contributed by atoms with E-state index in [4.69, 9.17) is 34.8 Å². The van der Waals surface area contributed by atoms with Gasteiger partial charge in [0.05, 0.1) is 6.54 Å². The fraction of sp³-hybridized carbons (Fsp3) is 0.282. The number of amides is 2. The van der Waals surface area contributed by atoms with Crippen LogP contribution in [0.2, 0.25) is 15.1 Å². The van der Waals surface area contributed by atoms with Gasteiger partial charge >= 0.3 is 0 Å². The Hall–Kier alpha value is -3.81. The summed E-state index contributed by atoms with van der Waals surface area (Å²) in [6.07, 6.45) is 4.02. The molecule has 0 spiro atoms. The van der Waals surface area contributed by atoms with Crippen molar-refractivity contribution in [2.75, 3.05) is 32.7 Å². The predicted molar refractivity (Wildman–Crippen MR) is 196 cm³/mol. The van der Waals surface area contributed by atoms with Crippen LogP contribution in [-0.2, 0) is 10.2 Å². The van der Waals surface area contributed by atoms with Crippen molar-refractivity contribution in [2.24, 2.45) is 0 Å². The van der Waals surface area contributed by atoms with Crippen molar-refractivity contribution in [3.63, 3.8) is 0 Å². The largest absolute Gasteiger partial charge is 0.353 e. The van der Waals surface area contributed by atoms with Crippen LogP contribution in [0.15, 0.2) is 103 Å². The third-order valence-corrected chi connectivity index (χ3v) is 10.3. The second-order valence-electron chi connectivity index (χ2n) is 12.6. The first kappa shape index (κ1) is 34.1. The van der Waals surface area contributed by atoms with E-state index in [-0.39, 0.29) is 18.4 Å². The number of fused-ring (bicyclic) bond motifs is 1. The van der Waals surface area contributed by atoms with Crippen molar-refractivity contribution in [2.45, 2.75) is 37.0 Å². The number of hydrogen-bond donors (Lipinski definition) is 3. The highest BCUT2D eigenvalue weighted by molar-refractivity contribution is 6.31. The second-order valence-corrected chi connectivity index (χ2v) is 13.9. The van der Waals surface area contributed by atoms with E-state index in [1.807, 2.05) is 54.6 Å². The molecule has 0 radical (unpaired) electrons. The molecule has 0 atom stereocenters. The number of H-pyrrole nitrogens is 1. The van der Waals surface area contributed by atoms with Crippen LogP contribution in [0.4, 0.5) is 0 Å². The van der Waals surface area contributed by atoms with Crippen LogP contribution in [0.3, 0.4) is 0 Å². The minimum atomic E-state index is -0.548. The molecule has 9 heteroatoms. The molecule has 6 nitrogen and oxygen atoms in total. The third kappa shape index (κ3) is 8.24. The molecule has 248 valence electrons. The van der Waals surface area contributed by atoms with Gasteiger partial charge in [0.2, 0.25) is 5.91 Å². The van der Waals surface area contributed by atoms with E-state index in [0.29, 0.717) is 33.2 Å². The van der Waals surface area contributed by atoms with Gasteiger partial charge in [0.25, 0.3) is 5.91 Å². The van der Waals surface area contributed by atoms with Crippen molar-refractivity contribution < 1.29 is 9.59 Å². The van der Waals surface area contributed by atoms with Gasteiger partial charge in [-0.05, 0) is 116 Å². The van der Waals surface area contributed by atoms with Gasteiger partial charge in [-0.2, -0.15) is 0 Å². The summed E-state index contributed by atoms with van der Waals surface area (Å²) in [5.41, 5.74) is 4.15. The van der Waals surface area contributed by atoms with Gasteiger partial charge in [-0.25, -0.2) is 0 Å². The molecule has 1 saturated heterocycles. The monoisotopic (exact) mass is 700 g/mol. The highest BCUT2D eigenvalue weighted by Crippen LogP contribution is 2.38. The number of rotatable bonds is 12. The van der Waals surface area contributed by atoms with Crippen molar-refractivity contribution in [1.29, 1.82) is 0 Å². The number of likely N-dealkylation sites (tertiary alicyclic amines) is 1. The van der Waals surface area contributed by atoms with Gasteiger partial charge in [0.1, 0.15) is 5.69 Å². The Bertz CT molecular complexity index is 1790. The van der Waals surface area contributed by atoms with E-state index < -0.39 is 5.41 Å². The maximum atomic E-state index is 13.3. The van der Waals surface area contributed by atoms with Crippen LogP contribution in [0.25, 0.3) is 10.9 Å². The van der Waals surface area contributed by atoms with E-state index in [9.17, 15) is 9.59 Å². The number of nitrogens with zero attached hydrogens (tertiary/aromatic N) is 1. The highest BCUT2D eigenvalue weighted by Gasteiger charge is 2.35. The number of aromatic amines is 1. The van der Waals surface area contributed by atoms with Gasteiger partial charge < -0.3 is 20.5 Å². The fourth-order valence-electron chi connectivity index (χ4n) is 6.90. The van der Waals surface area contributed by atoms with Gasteiger partial charge in [-0.15, -0.1) is 0 Å². The molecule has 6 rings (SSSR count). The lowest BCUT2D eigenvalue weighted by Crippen LogP contribution is -2.45. The number of halogens is 3. The van der Waals surface area contributed by atoms with Gasteiger partial charge in [-0.1, -0.05) is 89.4 Å². The van der Waals surface area contributed by atoms with E-state index in [2.05, 4.69) is 50.8 Å². The van der Waals surface area contributed by atoms with Gasteiger partial charge in [-0.3, -0.25) is 9.59 Å². The zero-order chi connectivity index (χ0) is 33.5. The van der Waals surface area contributed by atoms with Crippen LogP contribution in [0.5, 0.6) is 0 Å². The summed E-state index contributed by atoms with van der Waals surface area (Å²) in [5.74, 6) is -0.0390. The summed E-state index contributed by atoms with van der Waals surface area (Å²) in [7, 11) is 0. The third-order valence-electron chi connectivity index (χ3n) is 9.55.